The van der Waals surface area contributed by atoms with Gasteiger partial charge in [0.05, 0.1) is 4.43 Å². The molecule has 1 N–H and O–H groups in total. The van der Waals surface area contributed by atoms with E-state index < -0.39 is 0 Å². The van der Waals surface area contributed by atoms with Gasteiger partial charge in [-0.25, -0.2) is 0 Å². The van der Waals surface area contributed by atoms with Crippen LogP contribution in [0.25, 0.3) is 0 Å². The van der Waals surface area contributed by atoms with Gasteiger partial charge in [0.1, 0.15) is 0 Å². The summed E-state index contributed by atoms with van der Waals surface area (Å²) in [5, 5.41) is 2.91. The number of anilines is 1. The average Bonchev–Trinajstić information content (AvgIpc) is 2.10. The Kier molecular flexibility index (Phi) is 3.92. The third-order valence-electron chi connectivity index (χ3n) is 2.06. The van der Waals surface area contributed by atoms with E-state index in [-0.39, 0.29) is 5.91 Å². The molecule has 3 heteroatoms. The number of hydrogen-bond acceptors (Lipinski definition) is 1. The lowest BCUT2D eigenvalue weighted by Gasteiger charge is -2.11. The standard InChI is InChI=1S/C11H14INO/c1-7-4-8(2)11(9(3)5-7)13-10(14)6-12/h4-5H,6H2,1-3H3,(H,13,14). The monoisotopic (exact) mass is 303 g/mol. The summed E-state index contributed by atoms with van der Waals surface area (Å²) in [7, 11) is 0. The number of benzene rings is 1. The van der Waals surface area contributed by atoms with Crippen molar-refractivity contribution in [2.75, 3.05) is 9.74 Å². The van der Waals surface area contributed by atoms with Crippen molar-refractivity contribution in [2.24, 2.45) is 0 Å². The van der Waals surface area contributed by atoms with Crippen LogP contribution in [0.3, 0.4) is 0 Å². The number of rotatable bonds is 2. The second-order valence-electron chi connectivity index (χ2n) is 3.46. The second-order valence-corrected chi connectivity index (χ2v) is 4.22. The topological polar surface area (TPSA) is 29.1 Å². The van der Waals surface area contributed by atoms with Crippen LogP contribution in [0.4, 0.5) is 5.69 Å². The van der Waals surface area contributed by atoms with Crippen molar-refractivity contribution in [3.8, 4) is 0 Å². The Morgan fingerprint density at radius 3 is 2.21 bits per heavy atom. The molecular formula is C11H14INO. The van der Waals surface area contributed by atoms with Gasteiger partial charge in [-0.2, -0.15) is 0 Å². The number of hydrogen-bond donors (Lipinski definition) is 1. The molecule has 1 rings (SSSR count). The lowest BCUT2D eigenvalue weighted by Crippen LogP contribution is -2.14. The van der Waals surface area contributed by atoms with Crippen LogP contribution in [0.5, 0.6) is 0 Å². The van der Waals surface area contributed by atoms with E-state index in [1.807, 2.05) is 13.8 Å². The fraction of sp³-hybridized carbons (Fsp3) is 0.364. The number of nitrogens with one attached hydrogen (secondary N) is 1. The number of amides is 1. The van der Waals surface area contributed by atoms with Gasteiger partial charge >= 0.3 is 0 Å². The quantitative estimate of drug-likeness (QED) is 0.660. The van der Waals surface area contributed by atoms with Gasteiger partial charge in [0.2, 0.25) is 5.91 Å². The summed E-state index contributed by atoms with van der Waals surface area (Å²) in [5.41, 5.74) is 4.44. The van der Waals surface area contributed by atoms with Crippen LogP contribution < -0.4 is 5.32 Å². The molecule has 0 radical (unpaired) electrons. The van der Waals surface area contributed by atoms with E-state index in [1.165, 1.54) is 5.56 Å². The molecule has 0 bridgehead atoms. The first kappa shape index (κ1) is 11.5. The Morgan fingerprint density at radius 1 is 1.29 bits per heavy atom. The summed E-state index contributed by atoms with van der Waals surface area (Å²) in [6.45, 7) is 6.09. The third kappa shape index (κ3) is 2.70. The lowest BCUT2D eigenvalue weighted by atomic mass is 10.1. The van der Waals surface area contributed by atoms with Gasteiger partial charge in [0, 0.05) is 5.69 Å². The number of aryl methyl sites for hydroxylation is 3. The molecule has 1 amide bonds. The lowest BCUT2D eigenvalue weighted by molar-refractivity contribution is -0.113. The zero-order chi connectivity index (χ0) is 10.7. The van der Waals surface area contributed by atoms with Gasteiger partial charge in [0.25, 0.3) is 0 Å². The summed E-state index contributed by atoms with van der Waals surface area (Å²) in [5.74, 6) is 0.0562. The van der Waals surface area contributed by atoms with Gasteiger partial charge in [-0.3, -0.25) is 4.79 Å². The molecule has 0 aliphatic heterocycles. The molecule has 0 atom stereocenters. The smallest absolute Gasteiger partial charge is 0.234 e. The highest BCUT2D eigenvalue weighted by Crippen LogP contribution is 2.21. The van der Waals surface area contributed by atoms with Crippen LogP contribution in [0.2, 0.25) is 0 Å². The number of carbonyl (C=O) groups is 1. The normalized spacial score (nSPS) is 10.0. The van der Waals surface area contributed by atoms with Crippen molar-refractivity contribution in [3.63, 3.8) is 0 Å². The van der Waals surface area contributed by atoms with Gasteiger partial charge in [0.15, 0.2) is 0 Å². The van der Waals surface area contributed by atoms with E-state index in [2.05, 4.69) is 47.0 Å². The Balaban J connectivity index is 3.02. The van der Waals surface area contributed by atoms with E-state index in [4.69, 9.17) is 0 Å². The van der Waals surface area contributed by atoms with Gasteiger partial charge in [-0.05, 0) is 31.9 Å². The first-order valence-corrected chi connectivity index (χ1v) is 6.01. The van der Waals surface area contributed by atoms with Gasteiger partial charge in [-0.15, -0.1) is 0 Å². The van der Waals surface area contributed by atoms with Crippen molar-refractivity contribution in [1.29, 1.82) is 0 Å². The minimum Gasteiger partial charge on any atom is -0.325 e. The van der Waals surface area contributed by atoms with Crippen molar-refractivity contribution in [2.45, 2.75) is 20.8 Å². The highest BCUT2D eigenvalue weighted by Gasteiger charge is 2.06. The van der Waals surface area contributed by atoms with E-state index >= 15 is 0 Å². The van der Waals surface area contributed by atoms with Gasteiger partial charge < -0.3 is 5.32 Å². The molecule has 0 aliphatic carbocycles. The molecule has 0 saturated heterocycles. The minimum atomic E-state index is 0.0562. The average molecular weight is 303 g/mol. The van der Waals surface area contributed by atoms with Crippen LogP contribution in [0.1, 0.15) is 16.7 Å². The molecule has 0 unspecified atom stereocenters. The maximum Gasteiger partial charge on any atom is 0.234 e. The third-order valence-corrected chi connectivity index (χ3v) is 2.76. The molecule has 0 spiro atoms. The molecule has 0 saturated carbocycles. The Labute approximate surface area is 98.2 Å². The zero-order valence-electron chi connectivity index (χ0n) is 8.65. The molecule has 0 fully saturated rings. The molecule has 1 aromatic carbocycles. The summed E-state index contributed by atoms with van der Waals surface area (Å²) >= 11 is 2.06. The molecule has 0 aliphatic rings. The van der Waals surface area contributed by atoms with Crippen LogP contribution in [-0.2, 0) is 4.79 Å². The zero-order valence-corrected chi connectivity index (χ0v) is 10.8. The molecule has 0 aromatic heterocycles. The number of alkyl halides is 1. The van der Waals surface area contributed by atoms with E-state index in [0.29, 0.717) is 4.43 Å². The minimum absolute atomic E-state index is 0.0562. The van der Waals surface area contributed by atoms with Crippen molar-refractivity contribution >= 4 is 34.2 Å². The molecular weight excluding hydrogens is 289 g/mol. The summed E-state index contributed by atoms with van der Waals surface area (Å²) < 4.78 is 0.491. The Bertz CT molecular complexity index is 337. The maximum absolute atomic E-state index is 11.3. The van der Waals surface area contributed by atoms with E-state index in [0.717, 1.165) is 16.8 Å². The van der Waals surface area contributed by atoms with Crippen molar-refractivity contribution in [3.05, 3.63) is 28.8 Å². The molecule has 14 heavy (non-hydrogen) atoms. The molecule has 76 valence electrons. The number of carbonyl (C=O) groups excluding carboxylic acids is 1. The molecule has 2 nitrogen and oxygen atoms in total. The van der Waals surface area contributed by atoms with Gasteiger partial charge in [-0.1, -0.05) is 40.3 Å². The van der Waals surface area contributed by atoms with Crippen LogP contribution in [0, 0.1) is 20.8 Å². The van der Waals surface area contributed by atoms with E-state index in [9.17, 15) is 4.79 Å². The summed E-state index contributed by atoms with van der Waals surface area (Å²) in [6.07, 6.45) is 0. The highest BCUT2D eigenvalue weighted by molar-refractivity contribution is 14.1. The van der Waals surface area contributed by atoms with Crippen molar-refractivity contribution < 1.29 is 4.79 Å². The predicted octanol–water partition coefficient (Wildman–Crippen LogP) is 2.99. The fourth-order valence-electron chi connectivity index (χ4n) is 1.55. The predicted molar refractivity (Wildman–Crippen MR) is 68.2 cm³/mol. The maximum atomic E-state index is 11.3. The van der Waals surface area contributed by atoms with E-state index in [1.54, 1.807) is 0 Å². The molecule has 0 heterocycles. The Hall–Kier alpha value is -0.580. The number of halogens is 1. The first-order valence-electron chi connectivity index (χ1n) is 4.48. The highest BCUT2D eigenvalue weighted by atomic mass is 127. The van der Waals surface area contributed by atoms with Crippen LogP contribution in [0.15, 0.2) is 12.1 Å². The van der Waals surface area contributed by atoms with Crippen molar-refractivity contribution in [1.82, 2.24) is 0 Å². The summed E-state index contributed by atoms with van der Waals surface area (Å²) in [4.78, 5) is 11.3. The Morgan fingerprint density at radius 2 is 1.79 bits per heavy atom. The molecule has 1 aromatic rings. The SMILES string of the molecule is Cc1cc(C)c(NC(=O)CI)c(C)c1. The first-order chi connectivity index (χ1) is 6.54. The van der Waals surface area contributed by atoms with Crippen LogP contribution in [-0.4, -0.2) is 10.3 Å². The fourth-order valence-corrected chi connectivity index (χ4v) is 1.74. The summed E-state index contributed by atoms with van der Waals surface area (Å²) in [6, 6.07) is 4.16. The van der Waals surface area contributed by atoms with Crippen LogP contribution >= 0.6 is 22.6 Å². The largest absolute Gasteiger partial charge is 0.325 e. The second kappa shape index (κ2) is 4.77.